The average molecular weight is 413 g/mol. The minimum Gasteiger partial charge on any atom is -0.480 e. The Morgan fingerprint density at radius 3 is 1.80 bits per heavy atom. The number of benzene rings is 3. The molecule has 3 rings (SSSR count). The van der Waals surface area contributed by atoms with Gasteiger partial charge in [-0.1, -0.05) is 72.8 Å². The Balaban J connectivity index is 1.90. The first-order valence-electron chi connectivity index (χ1n) is 9.08. The highest BCUT2D eigenvalue weighted by molar-refractivity contribution is 6.13. The predicted molar refractivity (Wildman–Crippen MR) is 107 cm³/mol. The molecule has 0 radical (unpaired) electrons. The number of aliphatic carboxylic acids is 1. The minimum absolute atomic E-state index is 0.0186. The molecule has 0 fully saturated rings. The van der Waals surface area contributed by atoms with Crippen molar-refractivity contribution >= 4 is 11.7 Å². The van der Waals surface area contributed by atoms with Gasteiger partial charge in [-0.05, 0) is 17.7 Å². The summed E-state index contributed by atoms with van der Waals surface area (Å²) in [5.41, 5.74) is 2.59. The zero-order valence-corrected chi connectivity index (χ0v) is 15.7. The van der Waals surface area contributed by atoms with E-state index in [2.05, 4.69) is 9.73 Å². The number of alkyl halides is 3. The molecule has 0 saturated carbocycles. The molecule has 3 aromatic carbocycles. The van der Waals surface area contributed by atoms with Crippen LogP contribution in [0, 0.1) is 0 Å². The Labute approximate surface area is 171 Å². The van der Waals surface area contributed by atoms with Crippen molar-refractivity contribution in [1.29, 1.82) is 0 Å². The summed E-state index contributed by atoms with van der Waals surface area (Å²) in [6.45, 7) is 0. The molecule has 0 aliphatic carbocycles. The summed E-state index contributed by atoms with van der Waals surface area (Å²) >= 11 is 0. The molecule has 7 heteroatoms. The molecular weight excluding hydrogens is 395 g/mol. The van der Waals surface area contributed by atoms with Gasteiger partial charge in [0, 0.05) is 17.5 Å². The topological polar surface area (TPSA) is 58.9 Å². The molecule has 1 atom stereocenters. The molecule has 0 aliphatic heterocycles. The Kier molecular flexibility index (Phi) is 6.51. The summed E-state index contributed by atoms with van der Waals surface area (Å²) in [6, 6.07) is 22.4. The summed E-state index contributed by atoms with van der Waals surface area (Å²) < 4.78 is 40.8. The Hall–Kier alpha value is -3.61. The van der Waals surface area contributed by atoms with Crippen LogP contribution in [0.4, 0.5) is 13.2 Å². The van der Waals surface area contributed by atoms with Gasteiger partial charge in [0.15, 0.2) is 6.04 Å². The second-order valence-corrected chi connectivity index (χ2v) is 6.46. The molecular formula is C23H18F3NO3. The highest BCUT2D eigenvalue weighted by Gasteiger charge is 2.31. The minimum atomic E-state index is -4.78. The highest BCUT2D eigenvalue weighted by Crippen LogP contribution is 2.23. The van der Waals surface area contributed by atoms with E-state index in [1.54, 1.807) is 0 Å². The molecule has 0 amide bonds. The summed E-state index contributed by atoms with van der Waals surface area (Å²) in [6.07, 6.45) is -4.76. The van der Waals surface area contributed by atoms with Crippen LogP contribution in [-0.2, 0) is 11.2 Å². The normalized spacial score (nSPS) is 12.1. The van der Waals surface area contributed by atoms with Gasteiger partial charge in [0.2, 0.25) is 0 Å². The second-order valence-electron chi connectivity index (χ2n) is 6.46. The number of aliphatic imine (C=N–C) groups is 1. The van der Waals surface area contributed by atoms with E-state index in [9.17, 15) is 23.1 Å². The van der Waals surface area contributed by atoms with Crippen LogP contribution in [0.1, 0.15) is 16.7 Å². The van der Waals surface area contributed by atoms with Crippen molar-refractivity contribution in [3.63, 3.8) is 0 Å². The molecule has 154 valence electrons. The maximum atomic E-state index is 12.3. The third kappa shape index (κ3) is 5.94. The lowest BCUT2D eigenvalue weighted by molar-refractivity contribution is -0.274. The standard InChI is InChI=1S/C23H18F3NO3/c24-23(25,26)30-19-13-11-16(12-14-19)15-20(22(28)29)27-21(17-7-3-1-4-8-17)18-9-5-2-6-10-18/h1-14,20H,15H2,(H,28,29). The molecule has 3 aromatic rings. The van der Waals surface area contributed by atoms with E-state index in [4.69, 9.17) is 0 Å². The smallest absolute Gasteiger partial charge is 0.480 e. The van der Waals surface area contributed by atoms with Crippen LogP contribution in [0.5, 0.6) is 5.75 Å². The van der Waals surface area contributed by atoms with Crippen LogP contribution < -0.4 is 4.74 Å². The molecule has 4 nitrogen and oxygen atoms in total. The fourth-order valence-corrected chi connectivity index (χ4v) is 2.90. The summed E-state index contributed by atoms with van der Waals surface area (Å²) in [7, 11) is 0. The maximum absolute atomic E-state index is 12.3. The van der Waals surface area contributed by atoms with E-state index in [0.29, 0.717) is 11.3 Å². The number of nitrogens with zero attached hydrogens (tertiary/aromatic N) is 1. The van der Waals surface area contributed by atoms with Crippen molar-refractivity contribution in [1.82, 2.24) is 0 Å². The van der Waals surface area contributed by atoms with Gasteiger partial charge in [0.1, 0.15) is 5.75 Å². The van der Waals surface area contributed by atoms with E-state index in [0.717, 1.165) is 23.3 Å². The van der Waals surface area contributed by atoms with Gasteiger partial charge >= 0.3 is 12.3 Å². The molecule has 0 aliphatic rings. The quantitative estimate of drug-likeness (QED) is 0.547. The van der Waals surface area contributed by atoms with Crippen molar-refractivity contribution in [3.05, 3.63) is 102 Å². The molecule has 0 heterocycles. The van der Waals surface area contributed by atoms with Crippen molar-refractivity contribution in [2.75, 3.05) is 0 Å². The van der Waals surface area contributed by atoms with Gasteiger partial charge in [0.25, 0.3) is 0 Å². The first kappa shape index (κ1) is 21.1. The molecule has 1 N–H and O–H groups in total. The number of carboxylic acid groups (broad SMARTS) is 1. The number of halogens is 3. The lowest BCUT2D eigenvalue weighted by Gasteiger charge is -2.14. The lowest BCUT2D eigenvalue weighted by atomic mass is 10.0. The van der Waals surface area contributed by atoms with Crippen molar-refractivity contribution in [2.45, 2.75) is 18.8 Å². The van der Waals surface area contributed by atoms with E-state index in [1.165, 1.54) is 12.1 Å². The summed E-state index contributed by atoms with van der Waals surface area (Å²) in [5.74, 6) is -1.49. The van der Waals surface area contributed by atoms with Crippen molar-refractivity contribution in [2.24, 2.45) is 4.99 Å². The molecule has 0 saturated heterocycles. The number of rotatable bonds is 7. The van der Waals surface area contributed by atoms with Crippen LogP contribution in [0.2, 0.25) is 0 Å². The third-order valence-electron chi connectivity index (χ3n) is 4.25. The maximum Gasteiger partial charge on any atom is 0.573 e. The molecule has 0 bridgehead atoms. The van der Waals surface area contributed by atoms with Gasteiger partial charge in [-0.15, -0.1) is 13.2 Å². The number of carbonyl (C=O) groups is 1. The fraction of sp³-hybridized carbons (Fsp3) is 0.130. The Morgan fingerprint density at radius 2 is 1.37 bits per heavy atom. The fourth-order valence-electron chi connectivity index (χ4n) is 2.90. The lowest BCUT2D eigenvalue weighted by Crippen LogP contribution is -2.23. The number of carboxylic acids is 1. The number of hydrogen-bond acceptors (Lipinski definition) is 3. The summed E-state index contributed by atoms with van der Waals surface area (Å²) in [5, 5.41) is 9.70. The summed E-state index contributed by atoms with van der Waals surface area (Å²) in [4.78, 5) is 16.4. The SMILES string of the molecule is O=C(O)C(Cc1ccc(OC(F)(F)F)cc1)N=C(c1ccccc1)c1ccccc1. The van der Waals surface area contributed by atoms with Crippen LogP contribution in [0.3, 0.4) is 0 Å². The van der Waals surface area contributed by atoms with Gasteiger partial charge in [-0.2, -0.15) is 0 Å². The number of ether oxygens (including phenoxy) is 1. The molecule has 1 unspecified atom stereocenters. The highest BCUT2D eigenvalue weighted by atomic mass is 19.4. The van der Waals surface area contributed by atoms with E-state index in [1.807, 2.05) is 60.7 Å². The third-order valence-corrected chi connectivity index (χ3v) is 4.25. The number of hydrogen-bond donors (Lipinski definition) is 1. The molecule has 0 aromatic heterocycles. The molecule has 30 heavy (non-hydrogen) atoms. The zero-order chi connectivity index (χ0) is 21.6. The van der Waals surface area contributed by atoms with Gasteiger partial charge < -0.3 is 9.84 Å². The van der Waals surface area contributed by atoms with Crippen LogP contribution in [-0.4, -0.2) is 29.2 Å². The van der Waals surface area contributed by atoms with Crippen LogP contribution in [0.25, 0.3) is 0 Å². The van der Waals surface area contributed by atoms with Gasteiger partial charge in [-0.25, -0.2) is 4.79 Å². The van der Waals surface area contributed by atoms with E-state index in [-0.39, 0.29) is 12.2 Å². The first-order valence-corrected chi connectivity index (χ1v) is 9.08. The Bertz CT molecular complexity index is 960. The van der Waals surface area contributed by atoms with Gasteiger partial charge in [-0.3, -0.25) is 4.99 Å². The van der Waals surface area contributed by atoms with Crippen LogP contribution in [0.15, 0.2) is 89.9 Å². The molecule has 0 spiro atoms. The Morgan fingerprint density at radius 1 is 0.867 bits per heavy atom. The predicted octanol–water partition coefficient (Wildman–Crippen LogP) is 5.12. The second kappa shape index (κ2) is 9.26. The van der Waals surface area contributed by atoms with E-state index >= 15 is 0 Å². The van der Waals surface area contributed by atoms with Crippen molar-refractivity contribution in [3.8, 4) is 5.75 Å². The van der Waals surface area contributed by atoms with Crippen molar-refractivity contribution < 1.29 is 27.8 Å². The van der Waals surface area contributed by atoms with Gasteiger partial charge in [0.05, 0.1) is 5.71 Å². The monoisotopic (exact) mass is 413 g/mol. The van der Waals surface area contributed by atoms with E-state index < -0.39 is 18.4 Å². The van der Waals surface area contributed by atoms with Crippen LogP contribution >= 0.6 is 0 Å². The largest absolute Gasteiger partial charge is 0.573 e. The zero-order valence-electron chi connectivity index (χ0n) is 15.7. The first-order chi connectivity index (χ1) is 14.3. The average Bonchev–Trinajstić information content (AvgIpc) is 2.72.